The molecule has 0 radical (unpaired) electrons. The van der Waals surface area contributed by atoms with E-state index >= 15 is 0 Å². The first kappa shape index (κ1) is 15.0. The Morgan fingerprint density at radius 1 is 1.09 bits per heavy atom. The van der Waals surface area contributed by atoms with Gasteiger partial charge >= 0.3 is 0 Å². The predicted octanol–water partition coefficient (Wildman–Crippen LogP) is 4.40. The third kappa shape index (κ3) is 2.85. The number of hydrogen-bond acceptors (Lipinski definition) is 2. The Kier molecular flexibility index (Phi) is 4.14. The van der Waals surface area contributed by atoms with E-state index in [-0.39, 0.29) is 0 Å². The summed E-state index contributed by atoms with van der Waals surface area (Å²) in [6, 6.07) is 15.5. The van der Waals surface area contributed by atoms with Gasteiger partial charge in [-0.3, -0.25) is 9.59 Å². The second-order valence-corrected chi connectivity index (χ2v) is 6.18. The Labute approximate surface area is 140 Å². The van der Waals surface area contributed by atoms with E-state index in [0.29, 0.717) is 17.5 Å². The molecule has 110 valence electrons. The van der Waals surface area contributed by atoms with E-state index in [1.165, 1.54) is 0 Å². The molecule has 0 N–H and O–H groups in total. The largest absolute Gasteiger partial charge is 0.342 e. The van der Waals surface area contributed by atoms with Crippen molar-refractivity contribution in [2.24, 2.45) is 0 Å². The second-order valence-electron chi connectivity index (χ2n) is 4.92. The highest BCUT2D eigenvalue weighted by molar-refractivity contribution is 9.10. The summed E-state index contributed by atoms with van der Waals surface area (Å²) in [4.78, 5) is 23.3. The molecule has 0 saturated heterocycles. The van der Waals surface area contributed by atoms with Gasteiger partial charge in [0.05, 0.1) is 5.56 Å². The van der Waals surface area contributed by atoms with E-state index in [0.717, 1.165) is 15.6 Å². The van der Waals surface area contributed by atoms with Crippen LogP contribution >= 0.6 is 27.5 Å². The zero-order valence-electron chi connectivity index (χ0n) is 11.4. The minimum Gasteiger partial charge on any atom is -0.342 e. The highest BCUT2D eigenvalue weighted by Crippen LogP contribution is 2.27. The van der Waals surface area contributed by atoms with Crippen molar-refractivity contribution in [3.05, 3.63) is 70.3 Å². The predicted molar refractivity (Wildman–Crippen MR) is 90.4 cm³/mol. The molecule has 0 spiro atoms. The molecule has 3 rings (SSSR count). The Balaban J connectivity index is 2.15. The number of ketones is 1. The van der Waals surface area contributed by atoms with Crippen LogP contribution in [0.25, 0.3) is 10.9 Å². The van der Waals surface area contributed by atoms with Gasteiger partial charge in [0.15, 0.2) is 0 Å². The van der Waals surface area contributed by atoms with Crippen LogP contribution in [0.4, 0.5) is 0 Å². The van der Waals surface area contributed by atoms with Gasteiger partial charge in [-0.05, 0) is 35.4 Å². The van der Waals surface area contributed by atoms with E-state index in [9.17, 15) is 9.59 Å². The van der Waals surface area contributed by atoms with Crippen LogP contribution in [0.1, 0.15) is 15.9 Å². The van der Waals surface area contributed by atoms with Crippen molar-refractivity contribution in [2.45, 2.75) is 6.54 Å². The monoisotopic (exact) mass is 375 g/mol. The summed E-state index contributed by atoms with van der Waals surface area (Å²) in [6.07, 6.45) is 1.69. The number of carbonyl (C=O) groups excluding carboxylic acids is 2. The first-order valence-corrected chi connectivity index (χ1v) is 7.80. The standard InChI is InChI=1S/C17H11BrClNO2/c18-12-6-7-15-13(8-12)14(16(21)17(19)22)10-20(15)9-11-4-2-1-3-5-11/h1-8,10H,9H2. The maximum absolute atomic E-state index is 12.0. The fourth-order valence-electron chi connectivity index (χ4n) is 2.47. The van der Waals surface area contributed by atoms with Crippen LogP contribution in [0.2, 0.25) is 0 Å². The Morgan fingerprint density at radius 3 is 2.50 bits per heavy atom. The summed E-state index contributed by atoms with van der Waals surface area (Å²) in [5.41, 5.74) is 2.32. The molecule has 3 aromatic rings. The molecule has 0 unspecified atom stereocenters. The van der Waals surface area contributed by atoms with Gasteiger partial charge in [-0.25, -0.2) is 0 Å². The zero-order valence-corrected chi connectivity index (χ0v) is 13.8. The maximum Gasteiger partial charge on any atom is 0.293 e. The van der Waals surface area contributed by atoms with Crippen molar-refractivity contribution in [2.75, 3.05) is 0 Å². The van der Waals surface area contributed by atoms with E-state index < -0.39 is 11.0 Å². The van der Waals surface area contributed by atoms with Crippen molar-refractivity contribution in [1.29, 1.82) is 0 Å². The number of aromatic nitrogens is 1. The molecule has 2 aromatic carbocycles. The molecule has 0 bridgehead atoms. The van der Waals surface area contributed by atoms with Crippen molar-refractivity contribution in [1.82, 2.24) is 4.57 Å². The summed E-state index contributed by atoms with van der Waals surface area (Å²) in [5.74, 6) is -0.684. The van der Waals surface area contributed by atoms with Gasteiger partial charge < -0.3 is 4.57 Å². The number of halogens is 2. The van der Waals surface area contributed by atoms with E-state index in [1.807, 2.05) is 53.1 Å². The second kappa shape index (κ2) is 6.07. The molecule has 3 nitrogen and oxygen atoms in total. The van der Waals surface area contributed by atoms with Crippen LogP contribution < -0.4 is 0 Å². The summed E-state index contributed by atoms with van der Waals surface area (Å²) >= 11 is 8.75. The lowest BCUT2D eigenvalue weighted by Crippen LogP contribution is -2.06. The lowest BCUT2D eigenvalue weighted by atomic mass is 10.1. The molecule has 0 amide bonds. The number of benzene rings is 2. The van der Waals surface area contributed by atoms with Crippen LogP contribution in [0.3, 0.4) is 0 Å². The average molecular weight is 377 g/mol. The van der Waals surface area contributed by atoms with E-state index in [1.54, 1.807) is 6.20 Å². The topological polar surface area (TPSA) is 39.1 Å². The number of fused-ring (bicyclic) bond motifs is 1. The quantitative estimate of drug-likeness (QED) is 0.384. The van der Waals surface area contributed by atoms with Crippen LogP contribution in [-0.4, -0.2) is 15.6 Å². The molecule has 0 aliphatic heterocycles. The fourth-order valence-corrected chi connectivity index (χ4v) is 2.93. The van der Waals surface area contributed by atoms with Gasteiger partial charge in [0.1, 0.15) is 0 Å². The maximum atomic E-state index is 12.0. The molecular formula is C17H11BrClNO2. The number of Topliss-reactive ketones (excluding diaryl/α,β-unsaturated/α-hetero) is 1. The molecule has 0 saturated carbocycles. The van der Waals surface area contributed by atoms with E-state index in [2.05, 4.69) is 15.9 Å². The first-order valence-electron chi connectivity index (χ1n) is 6.63. The molecule has 1 aromatic heterocycles. The Morgan fingerprint density at radius 2 is 1.82 bits per heavy atom. The van der Waals surface area contributed by atoms with Crippen LogP contribution in [0.5, 0.6) is 0 Å². The SMILES string of the molecule is O=C(Cl)C(=O)c1cn(Cc2ccccc2)c2ccc(Br)cc12. The molecule has 22 heavy (non-hydrogen) atoms. The molecule has 0 atom stereocenters. The van der Waals surface area contributed by atoms with E-state index in [4.69, 9.17) is 11.6 Å². The van der Waals surface area contributed by atoms with Crippen molar-refractivity contribution < 1.29 is 9.59 Å². The third-order valence-corrected chi connectivity index (χ3v) is 4.13. The van der Waals surface area contributed by atoms with Crippen molar-refractivity contribution in [3.63, 3.8) is 0 Å². The number of carbonyl (C=O) groups is 2. The van der Waals surface area contributed by atoms with Gasteiger partial charge in [0.25, 0.3) is 5.24 Å². The smallest absolute Gasteiger partial charge is 0.293 e. The summed E-state index contributed by atoms with van der Waals surface area (Å²) in [7, 11) is 0. The van der Waals surface area contributed by atoms with Crippen LogP contribution in [-0.2, 0) is 11.3 Å². The lowest BCUT2D eigenvalue weighted by Gasteiger charge is -2.05. The Bertz CT molecular complexity index is 871. The van der Waals surface area contributed by atoms with Gasteiger partial charge in [-0.2, -0.15) is 0 Å². The van der Waals surface area contributed by atoms with Crippen LogP contribution in [0, 0.1) is 0 Å². The number of hydrogen-bond donors (Lipinski definition) is 0. The normalized spacial score (nSPS) is 10.8. The van der Waals surface area contributed by atoms with Crippen molar-refractivity contribution in [3.8, 4) is 0 Å². The summed E-state index contributed by atoms with van der Waals surface area (Å²) in [5, 5.41) is -0.261. The number of nitrogens with zero attached hydrogens (tertiary/aromatic N) is 1. The summed E-state index contributed by atoms with van der Waals surface area (Å²) in [6.45, 7) is 0.614. The molecule has 0 fully saturated rings. The minimum absolute atomic E-state index is 0.326. The molecule has 0 aliphatic carbocycles. The Hall–Kier alpha value is -1.91. The van der Waals surface area contributed by atoms with Gasteiger partial charge in [0, 0.05) is 28.1 Å². The molecule has 5 heteroatoms. The van der Waals surface area contributed by atoms with Crippen LogP contribution in [0.15, 0.2) is 59.2 Å². The lowest BCUT2D eigenvalue weighted by molar-refractivity contribution is -0.108. The molecule has 0 aliphatic rings. The minimum atomic E-state index is -0.973. The average Bonchev–Trinajstić information content (AvgIpc) is 2.85. The first-order chi connectivity index (χ1) is 10.6. The molecule has 1 heterocycles. The number of rotatable bonds is 4. The summed E-state index contributed by atoms with van der Waals surface area (Å²) < 4.78 is 2.79. The third-order valence-electron chi connectivity index (χ3n) is 3.46. The van der Waals surface area contributed by atoms with Crippen molar-refractivity contribution >= 4 is 49.5 Å². The van der Waals surface area contributed by atoms with Gasteiger partial charge in [-0.15, -0.1) is 0 Å². The fraction of sp³-hybridized carbons (Fsp3) is 0.0588. The highest BCUT2D eigenvalue weighted by Gasteiger charge is 2.20. The molecular weight excluding hydrogens is 366 g/mol. The highest BCUT2D eigenvalue weighted by atomic mass is 79.9. The zero-order chi connectivity index (χ0) is 15.7. The van der Waals surface area contributed by atoms with Gasteiger partial charge in [-0.1, -0.05) is 46.3 Å². The van der Waals surface area contributed by atoms with Gasteiger partial charge in [0.2, 0.25) is 5.78 Å².